The molecule has 1 aliphatic carbocycles. The van der Waals surface area contributed by atoms with Gasteiger partial charge in [-0.2, -0.15) is 13.2 Å². The minimum atomic E-state index is -4.33. The predicted molar refractivity (Wildman–Crippen MR) is 74.3 cm³/mol. The van der Waals surface area contributed by atoms with E-state index in [1.165, 1.54) is 18.2 Å². The van der Waals surface area contributed by atoms with Crippen molar-refractivity contribution in [3.8, 4) is 0 Å². The molecule has 0 amide bonds. The zero-order valence-corrected chi connectivity index (χ0v) is 12.8. The lowest BCUT2D eigenvalue weighted by Crippen LogP contribution is -2.37. The van der Waals surface area contributed by atoms with Gasteiger partial charge in [0, 0.05) is 16.8 Å². The summed E-state index contributed by atoms with van der Waals surface area (Å²) in [5.74, 6) is -3.39. The van der Waals surface area contributed by atoms with E-state index in [0.717, 1.165) is 0 Å². The Balaban J connectivity index is 2.14. The quantitative estimate of drug-likeness (QED) is 0.682. The highest BCUT2D eigenvalue weighted by atomic mass is 79.9. The zero-order valence-electron chi connectivity index (χ0n) is 11.2. The van der Waals surface area contributed by atoms with Crippen LogP contribution in [0.15, 0.2) is 22.7 Å². The van der Waals surface area contributed by atoms with Crippen molar-refractivity contribution < 1.29 is 22.4 Å². The maximum atomic E-state index is 13.0. The summed E-state index contributed by atoms with van der Waals surface area (Å²) >= 11 is 3.14. The van der Waals surface area contributed by atoms with Gasteiger partial charge in [-0.05, 0) is 30.5 Å². The number of carbonyl (C=O) groups excluding carboxylic acids is 1. The molecule has 0 aliphatic heterocycles. The van der Waals surface area contributed by atoms with Crippen LogP contribution in [0.25, 0.3) is 0 Å². The molecule has 21 heavy (non-hydrogen) atoms. The van der Waals surface area contributed by atoms with Crippen LogP contribution in [0.5, 0.6) is 0 Å². The number of Topliss-reactive ketones (excluding diaryl/α,β-unsaturated/α-hetero) is 1. The fraction of sp³-hybridized carbons (Fsp3) is 0.533. The number of halogens is 5. The van der Waals surface area contributed by atoms with Crippen molar-refractivity contribution in [2.45, 2.75) is 38.3 Å². The van der Waals surface area contributed by atoms with Gasteiger partial charge in [-0.3, -0.25) is 4.79 Å². The topological polar surface area (TPSA) is 17.1 Å². The summed E-state index contributed by atoms with van der Waals surface area (Å²) in [7, 11) is 0. The fourth-order valence-electron chi connectivity index (χ4n) is 2.89. The Morgan fingerprint density at radius 3 is 2.52 bits per heavy atom. The van der Waals surface area contributed by atoms with Crippen LogP contribution in [0, 0.1) is 17.7 Å². The highest BCUT2D eigenvalue weighted by Gasteiger charge is 2.47. The summed E-state index contributed by atoms with van der Waals surface area (Å²) < 4.78 is 52.4. The average Bonchev–Trinajstić information content (AvgIpc) is 2.41. The summed E-state index contributed by atoms with van der Waals surface area (Å²) in [6, 6.07) is 3.85. The van der Waals surface area contributed by atoms with E-state index >= 15 is 0 Å². The van der Waals surface area contributed by atoms with Gasteiger partial charge in [-0.25, -0.2) is 4.39 Å². The molecule has 1 saturated carbocycles. The number of hydrogen-bond donors (Lipinski definition) is 0. The summed E-state index contributed by atoms with van der Waals surface area (Å²) in [5.41, 5.74) is 0.521. The molecular formula is C15H15BrF4O. The summed E-state index contributed by atoms with van der Waals surface area (Å²) in [6.45, 7) is 0. The monoisotopic (exact) mass is 366 g/mol. The molecule has 1 nitrogen and oxygen atoms in total. The Bertz CT molecular complexity index is 527. The zero-order chi connectivity index (χ0) is 15.6. The van der Waals surface area contributed by atoms with Crippen LogP contribution in [0.4, 0.5) is 17.6 Å². The molecule has 0 saturated heterocycles. The van der Waals surface area contributed by atoms with Crippen LogP contribution in [0.3, 0.4) is 0 Å². The molecule has 0 bridgehead atoms. The molecule has 0 spiro atoms. The summed E-state index contributed by atoms with van der Waals surface area (Å²) in [6.07, 6.45) is -2.98. The standard InChI is InChI=1S/C15H15BrF4O/c16-13-8-10(17)6-5-9(13)7-14(21)11-3-1-2-4-12(11)15(18,19)20/h5-6,8,11-12H,1-4,7H2. The van der Waals surface area contributed by atoms with Crippen molar-refractivity contribution in [3.63, 3.8) is 0 Å². The SMILES string of the molecule is O=C(Cc1ccc(F)cc1Br)C1CCCCC1C(F)(F)F. The lowest BCUT2D eigenvalue weighted by molar-refractivity contribution is -0.197. The minimum absolute atomic E-state index is 0.0183. The van der Waals surface area contributed by atoms with E-state index in [4.69, 9.17) is 0 Å². The first-order chi connectivity index (χ1) is 9.79. The highest BCUT2D eigenvalue weighted by molar-refractivity contribution is 9.10. The molecule has 2 unspecified atom stereocenters. The Labute approximate surface area is 128 Å². The highest BCUT2D eigenvalue weighted by Crippen LogP contribution is 2.42. The lowest BCUT2D eigenvalue weighted by Gasteiger charge is -2.32. The smallest absolute Gasteiger partial charge is 0.299 e. The molecular weight excluding hydrogens is 352 g/mol. The molecule has 6 heteroatoms. The molecule has 0 N–H and O–H groups in total. The number of alkyl halides is 3. The fourth-order valence-corrected chi connectivity index (χ4v) is 3.38. The van der Waals surface area contributed by atoms with Crippen molar-refractivity contribution >= 4 is 21.7 Å². The van der Waals surface area contributed by atoms with Crippen LogP contribution in [0.2, 0.25) is 0 Å². The molecule has 0 radical (unpaired) electrons. The average molecular weight is 367 g/mol. The molecule has 0 heterocycles. The normalized spacial score (nSPS) is 23.1. The largest absolute Gasteiger partial charge is 0.392 e. The molecule has 0 aromatic heterocycles. The van der Waals surface area contributed by atoms with Crippen molar-refractivity contribution in [2.24, 2.45) is 11.8 Å². The van der Waals surface area contributed by atoms with Gasteiger partial charge in [-0.1, -0.05) is 34.8 Å². The van der Waals surface area contributed by atoms with Crippen LogP contribution in [0.1, 0.15) is 31.2 Å². The first-order valence-corrected chi connectivity index (χ1v) is 7.61. The third kappa shape index (κ3) is 4.05. The Morgan fingerprint density at radius 1 is 1.24 bits per heavy atom. The number of ketones is 1. The van der Waals surface area contributed by atoms with Gasteiger partial charge in [0.2, 0.25) is 0 Å². The maximum absolute atomic E-state index is 13.0. The van der Waals surface area contributed by atoms with Crippen molar-refractivity contribution in [3.05, 3.63) is 34.1 Å². The second kappa shape index (κ2) is 6.46. The third-order valence-electron chi connectivity index (χ3n) is 3.98. The molecule has 1 aromatic rings. The van der Waals surface area contributed by atoms with Crippen LogP contribution < -0.4 is 0 Å². The number of rotatable bonds is 3. The van der Waals surface area contributed by atoms with Crippen LogP contribution in [-0.4, -0.2) is 12.0 Å². The van der Waals surface area contributed by atoms with Gasteiger partial charge in [0.15, 0.2) is 0 Å². The third-order valence-corrected chi connectivity index (χ3v) is 4.72. The van der Waals surface area contributed by atoms with E-state index < -0.39 is 29.6 Å². The van der Waals surface area contributed by atoms with Crippen molar-refractivity contribution in [1.29, 1.82) is 0 Å². The number of carbonyl (C=O) groups is 1. The molecule has 2 atom stereocenters. The molecule has 1 aromatic carbocycles. The number of hydrogen-bond acceptors (Lipinski definition) is 1. The van der Waals surface area contributed by atoms with Gasteiger partial charge in [0.1, 0.15) is 11.6 Å². The lowest BCUT2D eigenvalue weighted by atomic mass is 9.75. The van der Waals surface area contributed by atoms with Crippen molar-refractivity contribution in [2.75, 3.05) is 0 Å². The molecule has 1 aliphatic rings. The maximum Gasteiger partial charge on any atom is 0.392 e. The van der Waals surface area contributed by atoms with Crippen LogP contribution in [-0.2, 0) is 11.2 Å². The Kier molecular flexibility index (Phi) is 5.07. The second-order valence-electron chi connectivity index (χ2n) is 5.42. The summed E-state index contributed by atoms with van der Waals surface area (Å²) in [4.78, 5) is 12.2. The van der Waals surface area contributed by atoms with Gasteiger partial charge >= 0.3 is 6.18 Å². The summed E-state index contributed by atoms with van der Waals surface area (Å²) in [5, 5.41) is 0. The molecule has 1 fully saturated rings. The Morgan fingerprint density at radius 2 is 1.90 bits per heavy atom. The van der Waals surface area contributed by atoms with Crippen molar-refractivity contribution in [1.82, 2.24) is 0 Å². The van der Waals surface area contributed by atoms with Gasteiger partial charge in [0.25, 0.3) is 0 Å². The number of benzene rings is 1. The first kappa shape index (κ1) is 16.5. The van der Waals surface area contributed by atoms with E-state index in [1.807, 2.05) is 0 Å². The van der Waals surface area contributed by atoms with E-state index in [1.54, 1.807) is 0 Å². The van der Waals surface area contributed by atoms with Gasteiger partial charge in [0.05, 0.1) is 5.92 Å². The Hall–Kier alpha value is -0.910. The van der Waals surface area contributed by atoms with Gasteiger partial charge < -0.3 is 0 Å². The van der Waals surface area contributed by atoms with E-state index in [9.17, 15) is 22.4 Å². The second-order valence-corrected chi connectivity index (χ2v) is 6.27. The molecule has 116 valence electrons. The van der Waals surface area contributed by atoms with E-state index in [-0.39, 0.29) is 19.3 Å². The van der Waals surface area contributed by atoms with E-state index in [2.05, 4.69) is 15.9 Å². The molecule has 2 rings (SSSR count). The predicted octanol–water partition coefficient (Wildman–Crippen LogP) is 5.07. The van der Waals surface area contributed by atoms with Gasteiger partial charge in [-0.15, -0.1) is 0 Å². The van der Waals surface area contributed by atoms with E-state index in [0.29, 0.717) is 22.9 Å². The minimum Gasteiger partial charge on any atom is -0.299 e. The van der Waals surface area contributed by atoms with Crippen LogP contribution >= 0.6 is 15.9 Å². The first-order valence-electron chi connectivity index (χ1n) is 6.82.